The standard InChI is InChI=1S/C16H24N4O4S/c1-18-11-12(10-14(18)15(17)21)25(23,24)20-9-3-2-6-13(20)16(22)19-7-4-5-8-19/h10-11,13H,2-9H2,1H3,(H2,17,21)/t13-/m1/s1. The molecule has 2 aliphatic heterocycles. The summed E-state index contributed by atoms with van der Waals surface area (Å²) >= 11 is 0. The molecule has 0 bridgehead atoms. The molecule has 8 nitrogen and oxygen atoms in total. The maximum absolute atomic E-state index is 13.1. The lowest BCUT2D eigenvalue weighted by atomic mass is 10.0. The molecule has 0 radical (unpaired) electrons. The number of primary amides is 1. The summed E-state index contributed by atoms with van der Waals surface area (Å²) in [5.41, 5.74) is 5.40. The first-order valence-electron chi connectivity index (χ1n) is 8.59. The van der Waals surface area contributed by atoms with Gasteiger partial charge in [-0.05, 0) is 31.7 Å². The van der Waals surface area contributed by atoms with Crippen LogP contribution in [-0.4, -0.2) is 59.7 Å². The van der Waals surface area contributed by atoms with Gasteiger partial charge in [0.15, 0.2) is 0 Å². The van der Waals surface area contributed by atoms with E-state index in [0.717, 1.165) is 25.7 Å². The maximum Gasteiger partial charge on any atom is 0.265 e. The summed E-state index contributed by atoms with van der Waals surface area (Å²) in [5.74, 6) is -0.792. The minimum atomic E-state index is -3.86. The van der Waals surface area contributed by atoms with Gasteiger partial charge in [0.05, 0.1) is 0 Å². The second kappa shape index (κ2) is 6.80. The third-order valence-electron chi connectivity index (χ3n) is 5.00. The molecule has 138 valence electrons. The van der Waals surface area contributed by atoms with Crippen molar-refractivity contribution >= 4 is 21.8 Å². The Morgan fingerprint density at radius 2 is 1.76 bits per heavy atom. The lowest BCUT2D eigenvalue weighted by molar-refractivity contribution is -0.135. The van der Waals surface area contributed by atoms with Crippen molar-refractivity contribution in [1.82, 2.24) is 13.8 Å². The number of sulfonamides is 1. The van der Waals surface area contributed by atoms with Crippen LogP contribution in [0, 0.1) is 0 Å². The zero-order chi connectivity index (χ0) is 18.2. The third kappa shape index (κ3) is 3.30. The molecule has 1 atom stereocenters. The number of nitrogens with two attached hydrogens (primary N) is 1. The molecule has 2 saturated heterocycles. The molecular weight excluding hydrogens is 344 g/mol. The van der Waals surface area contributed by atoms with E-state index in [9.17, 15) is 18.0 Å². The first-order valence-corrected chi connectivity index (χ1v) is 10.0. The molecule has 1 aromatic rings. The van der Waals surface area contributed by atoms with Crippen molar-refractivity contribution in [2.75, 3.05) is 19.6 Å². The minimum Gasteiger partial charge on any atom is -0.364 e. The molecule has 2 N–H and O–H groups in total. The number of aryl methyl sites for hydroxylation is 1. The first kappa shape index (κ1) is 17.9. The number of aromatic nitrogens is 1. The van der Waals surface area contributed by atoms with Gasteiger partial charge in [0, 0.05) is 32.9 Å². The summed E-state index contributed by atoms with van der Waals surface area (Å²) in [6.45, 7) is 1.70. The van der Waals surface area contributed by atoms with E-state index in [-0.39, 0.29) is 16.5 Å². The van der Waals surface area contributed by atoms with Crippen LogP contribution in [0.25, 0.3) is 0 Å². The lowest BCUT2D eigenvalue weighted by Gasteiger charge is -2.35. The Hall–Kier alpha value is -1.87. The third-order valence-corrected chi connectivity index (χ3v) is 6.87. The average molecular weight is 368 g/mol. The molecule has 2 amide bonds. The molecule has 3 rings (SSSR count). The van der Waals surface area contributed by atoms with Gasteiger partial charge in [0.25, 0.3) is 5.91 Å². The van der Waals surface area contributed by atoms with E-state index in [1.807, 2.05) is 0 Å². The smallest absolute Gasteiger partial charge is 0.265 e. The van der Waals surface area contributed by atoms with Gasteiger partial charge < -0.3 is 15.2 Å². The lowest BCUT2D eigenvalue weighted by Crippen LogP contribution is -2.52. The molecule has 0 spiro atoms. The van der Waals surface area contributed by atoms with Crippen LogP contribution in [0.5, 0.6) is 0 Å². The number of likely N-dealkylation sites (tertiary alicyclic amines) is 1. The second-order valence-electron chi connectivity index (χ2n) is 6.70. The molecule has 1 aromatic heterocycles. The van der Waals surface area contributed by atoms with E-state index in [1.54, 1.807) is 11.9 Å². The SMILES string of the molecule is Cn1cc(S(=O)(=O)N2CCCC[C@@H]2C(=O)N2CCCC2)cc1C(N)=O. The highest BCUT2D eigenvalue weighted by molar-refractivity contribution is 7.89. The Bertz CT molecular complexity index is 780. The molecule has 0 aromatic carbocycles. The van der Waals surface area contributed by atoms with Crippen molar-refractivity contribution in [3.05, 3.63) is 18.0 Å². The minimum absolute atomic E-state index is 0.00456. The summed E-state index contributed by atoms with van der Waals surface area (Å²) in [5, 5.41) is 0. The van der Waals surface area contributed by atoms with Crippen LogP contribution in [0.15, 0.2) is 17.2 Å². The zero-order valence-electron chi connectivity index (χ0n) is 14.3. The number of hydrogen-bond donors (Lipinski definition) is 1. The van der Waals surface area contributed by atoms with E-state index in [4.69, 9.17) is 5.73 Å². The van der Waals surface area contributed by atoms with Crippen LogP contribution in [0.2, 0.25) is 0 Å². The van der Waals surface area contributed by atoms with Crippen LogP contribution in [0.1, 0.15) is 42.6 Å². The molecule has 2 aliphatic rings. The van der Waals surface area contributed by atoms with E-state index < -0.39 is 22.0 Å². The highest BCUT2D eigenvalue weighted by Gasteiger charge is 2.40. The topological polar surface area (TPSA) is 106 Å². The number of amides is 2. The molecule has 0 unspecified atom stereocenters. The highest BCUT2D eigenvalue weighted by Crippen LogP contribution is 2.28. The van der Waals surface area contributed by atoms with Crippen LogP contribution in [0.4, 0.5) is 0 Å². The Balaban J connectivity index is 1.91. The number of carbonyl (C=O) groups is 2. The van der Waals surface area contributed by atoms with Gasteiger partial charge in [-0.15, -0.1) is 0 Å². The largest absolute Gasteiger partial charge is 0.364 e. The second-order valence-corrected chi connectivity index (χ2v) is 8.59. The van der Waals surface area contributed by atoms with Crippen molar-refractivity contribution in [2.24, 2.45) is 12.8 Å². The number of hydrogen-bond acceptors (Lipinski definition) is 4. The highest BCUT2D eigenvalue weighted by atomic mass is 32.2. The van der Waals surface area contributed by atoms with Gasteiger partial charge in [-0.2, -0.15) is 4.31 Å². The quantitative estimate of drug-likeness (QED) is 0.824. The maximum atomic E-state index is 13.1. The first-order chi connectivity index (χ1) is 11.8. The van der Waals surface area contributed by atoms with E-state index in [2.05, 4.69) is 0 Å². The van der Waals surface area contributed by atoms with Gasteiger partial charge >= 0.3 is 0 Å². The normalized spacial score (nSPS) is 22.3. The predicted octanol–water partition coefficient (Wildman–Crippen LogP) is 0.290. The fourth-order valence-electron chi connectivity index (χ4n) is 3.64. The van der Waals surface area contributed by atoms with E-state index in [0.29, 0.717) is 26.1 Å². The van der Waals surface area contributed by atoms with Crippen LogP contribution in [-0.2, 0) is 21.9 Å². The Morgan fingerprint density at radius 1 is 1.12 bits per heavy atom. The molecular formula is C16H24N4O4S. The number of rotatable bonds is 4. The Kier molecular flexibility index (Phi) is 4.88. The fourth-order valence-corrected chi connectivity index (χ4v) is 5.37. The van der Waals surface area contributed by atoms with Gasteiger partial charge in [-0.1, -0.05) is 6.42 Å². The van der Waals surface area contributed by atoms with Crippen LogP contribution in [0.3, 0.4) is 0 Å². The molecule has 3 heterocycles. The van der Waals surface area contributed by atoms with Crippen molar-refractivity contribution in [3.8, 4) is 0 Å². The molecule has 0 saturated carbocycles. The molecule has 9 heteroatoms. The Labute approximate surface area is 147 Å². The summed E-state index contributed by atoms with van der Waals surface area (Å²) in [4.78, 5) is 26.0. The van der Waals surface area contributed by atoms with Crippen LogP contribution >= 0.6 is 0 Å². The van der Waals surface area contributed by atoms with Crippen molar-refractivity contribution in [3.63, 3.8) is 0 Å². The zero-order valence-corrected chi connectivity index (χ0v) is 15.2. The van der Waals surface area contributed by atoms with Gasteiger partial charge in [-0.3, -0.25) is 9.59 Å². The molecule has 25 heavy (non-hydrogen) atoms. The van der Waals surface area contributed by atoms with Gasteiger partial charge in [0.1, 0.15) is 16.6 Å². The summed E-state index contributed by atoms with van der Waals surface area (Å²) in [7, 11) is -2.29. The molecule has 0 aliphatic carbocycles. The number of carbonyl (C=O) groups excluding carboxylic acids is 2. The van der Waals surface area contributed by atoms with Crippen molar-refractivity contribution in [2.45, 2.75) is 43.0 Å². The fraction of sp³-hybridized carbons (Fsp3) is 0.625. The number of piperidine rings is 1. The van der Waals surface area contributed by atoms with E-state index in [1.165, 1.54) is 21.1 Å². The van der Waals surface area contributed by atoms with Gasteiger partial charge in [0.2, 0.25) is 15.9 Å². The molecule has 2 fully saturated rings. The number of nitrogens with zero attached hydrogens (tertiary/aromatic N) is 3. The van der Waals surface area contributed by atoms with Crippen molar-refractivity contribution in [1.29, 1.82) is 0 Å². The van der Waals surface area contributed by atoms with E-state index >= 15 is 0 Å². The monoisotopic (exact) mass is 368 g/mol. The summed E-state index contributed by atoms with van der Waals surface area (Å²) in [6.07, 6.45) is 5.39. The average Bonchev–Trinajstić information content (AvgIpc) is 3.24. The van der Waals surface area contributed by atoms with Crippen molar-refractivity contribution < 1.29 is 18.0 Å². The predicted molar refractivity (Wildman–Crippen MR) is 91.3 cm³/mol. The van der Waals surface area contributed by atoms with Crippen LogP contribution < -0.4 is 5.73 Å². The van der Waals surface area contributed by atoms with Gasteiger partial charge in [-0.25, -0.2) is 8.42 Å². The summed E-state index contributed by atoms with van der Waals surface area (Å²) in [6, 6.07) is 0.623. The summed E-state index contributed by atoms with van der Waals surface area (Å²) < 4.78 is 28.9. The Morgan fingerprint density at radius 3 is 2.36 bits per heavy atom.